The van der Waals surface area contributed by atoms with Gasteiger partial charge in [0.25, 0.3) is 0 Å². The molecule has 0 aliphatic carbocycles. The van der Waals surface area contributed by atoms with Crippen LogP contribution in [0, 0.1) is 0 Å². The Labute approximate surface area is 109 Å². The van der Waals surface area contributed by atoms with Crippen LogP contribution in [0.1, 0.15) is 0 Å². The van der Waals surface area contributed by atoms with Crippen LogP contribution in [0.15, 0.2) is 35.4 Å². The fourth-order valence-electron chi connectivity index (χ4n) is 1.56. The van der Waals surface area contributed by atoms with Crippen molar-refractivity contribution in [1.82, 2.24) is 14.3 Å². The number of hydrogen-bond acceptors (Lipinski definition) is 5. The van der Waals surface area contributed by atoms with Crippen molar-refractivity contribution >= 4 is 12.6 Å². The lowest BCUT2D eigenvalue weighted by Crippen LogP contribution is -2.29. The van der Waals surface area contributed by atoms with Gasteiger partial charge in [-0.05, 0) is 17.6 Å². The predicted molar refractivity (Wildman–Crippen MR) is 69.2 cm³/mol. The molecule has 19 heavy (non-hydrogen) atoms. The van der Waals surface area contributed by atoms with E-state index in [1.54, 1.807) is 31.3 Å². The summed E-state index contributed by atoms with van der Waals surface area (Å²) in [5, 5.41) is 21.8. The second-order valence-electron chi connectivity index (χ2n) is 4.04. The van der Waals surface area contributed by atoms with E-state index in [2.05, 4.69) is 5.10 Å². The smallest absolute Gasteiger partial charge is 0.488 e. The highest BCUT2D eigenvalue weighted by Gasteiger charge is 2.09. The van der Waals surface area contributed by atoms with Gasteiger partial charge in [-0.3, -0.25) is 4.57 Å². The zero-order chi connectivity index (χ0) is 13.8. The minimum Gasteiger partial charge on any atom is -0.492 e. The summed E-state index contributed by atoms with van der Waals surface area (Å²) in [5.41, 5.74) is 0.204. The summed E-state index contributed by atoms with van der Waals surface area (Å²) in [6.07, 6.45) is 1.44. The summed E-state index contributed by atoms with van der Waals surface area (Å²) in [4.78, 5) is 11.5. The molecule has 0 unspecified atom stereocenters. The van der Waals surface area contributed by atoms with Gasteiger partial charge in [0, 0.05) is 7.05 Å². The summed E-state index contributed by atoms with van der Waals surface area (Å²) in [6, 6.07) is 6.39. The molecule has 2 aromatic rings. The van der Waals surface area contributed by atoms with E-state index >= 15 is 0 Å². The van der Waals surface area contributed by atoms with Crippen LogP contribution in [-0.2, 0) is 13.6 Å². The van der Waals surface area contributed by atoms with Crippen LogP contribution in [0.25, 0.3) is 0 Å². The van der Waals surface area contributed by atoms with Crippen LogP contribution in [0.3, 0.4) is 0 Å². The molecule has 100 valence electrons. The average molecular weight is 263 g/mol. The van der Waals surface area contributed by atoms with Gasteiger partial charge in [-0.2, -0.15) is 5.10 Å². The maximum absolute atomic E-state index is 11.5. The SMILES string of the molecule is Cn1cnn(CCOc2ccc(B(O)O)cc2)c1=O. The second-order valence-corrected chi connectivity index (χ2v) is 4.04. The normalized spacial score (nSPS) is 10.5. The molecular formula is C11H14BN3O4. The highest BCUT2D eigenvalue weighted by atomic mass is 16.5. The summed E-state index contributed by atoms with van der Waals surface area (Å²) in [5.74, 6) is 0.591. The molecule has 8 heteroatoms. The fraction of sp³-hybridized carbons (Fsp3) is 0.273. The monoisotopic (exact) mass is 263 g/mol. The molecule has 1 aromatic heterocycles. The topological polar surface area (TPSA) is 89.5 Å². The molecule has 0 bridgehead atoms. The molecule has 2 N–H and O–H groups in total. The van der Waals surface area contributed by atoms with Crippen molar-refractivity contribution in [3.63, 3.8) is 0 Å². The Morgan fingerprint density at radius 1 is 1.32 bits per heavy atom. The molecular weight excluding hydrogens is 249 g/mol. The number of ether oxygens (including phenoxy) is 1. The van der Waals surface area contributed by atoms with E-state index in [9.17, 15) is 4.79 Å². The molecule has 0 fully saturated rings. The summed E-state index contributed by atoms with van der Waals surface area (Å²) in [6.45, 7) is 0.655. The Morgan fingerprint density at radius 3 is 2.53 bits per heavy atom. The fourth-order valence-corrected chi connectivity index (χ4v) is 1.56. The summed E-state index contributed by atoms with van der Waals surface area (Å²) < 4.78 is 8.13. The van der Waals surface area contributed by atoms with Crippen LogP contribution in [0.2, 0.25) is 0 Å². The molecule has 1 heterocycles. The highest BCUT2D eigenvalue weighted by molar-refractivity contribution is 6.58. The van der Waals surface area contributed by atoms with Crippen molar-refractivity contribution in [2.24, 2.45) is 7.05 Å². The second kappa shape index (κ2) is 5.72. The maximum atomic E-state index is 11.5. The van der Waals surface area contributed by atoms with Crippen molar-refractivity contribution in [3.05, 3.63) is 41.1 Å². The van der Waals surface area contributed by atoms with Gasteiger partial charge in [0.15, 0.2) is 0 Å². The molecule has 0 saturated carbocycles. The standard InChI is InChI=1S/C11H14BN3O4/c1-14-8-13-15(11(14)16)6-7-19-10-4-2-9(3-5-10)12(17)18/h2-5,8,17-18H,6-7H2,1H3. The number of hydrogen-bond donors (Lipinski definition) is 2. The van der Waals surface area contributed by atoms with Gasteiger partial charge < -0.3 is 14.8 Å². The Hall–Kier alpha value is -2.06. The third kappa shape index (κ3) is 3.24. The third-order valence-electron chi connectivity index (χ3n) is 2.64. The van der Waals surface area contributed by atoms with Crippen molar-refractivity contribution in [2.45, 2.75) is 6.54 Å². The largest absolute Gasteiger partial charge is 0.492 e. The Bertz CT molecular complexity index is 591. The van der Waals surface area contributed by atoms with Crippen LogP contribution in [-0.4, -0.2) is 38.1 Å². The Morgan fingerprint density at radius 2 is 2.00 bits per heavy atom. The minimum atomic E-state index is -1.49. The molecule has 1 aromatic carbocycles. The molecule has 0 radical (unpaired) electrons. The van der Waals surface area contributed by atoms with E-state index in [0.29, 0.717) is 24.4 Å². The van der Waals surface area contributed by atoms with Gasteiger partial charge in [-0.1, -0.05) is 12.1 Å². The van der Waals surface area contributed by atoms with Gasteiger partial charge in [-0.15, -0.1) is 0 Å². The lowest BCUT2D eigenvalue weighted by Gasteiger charge is -2.06. The van der Waals surface area contributed by atoms with Crippen LogP contribution in [0.4, 0.5) is 0 Å². The van der Waals surface area contributed by atoms with Crippen molar-refractivity contribution < 1.29 is 14.8 Å². The first-order valence-corrected chi connectivity index (χ1v) is 5.75. The number of nitrogens with zero attached hydrogens (tertiary/aromatic N) is 3. The minimum absolute atomic E-state index is 0.192. The van der Waals surface area contributed by atoms with Gasteiger partial charge in [0.05, 0.1) is 6.54 Å². The van der Waals surface area contributed by atoms with Crippen LogP contribution >= 0.6 is 0 Å². The third-order valence-corrected chi connectivity index (χ3v) is 2.64. The number of benzene rings is 1. The van der Waals surface area contributed by atoms with E-state index in [1.807, 2.05) is 0 Å². The lowest BCUT2D eigenvalue weighted by molar-refractivity contribution is 0.288. The first-order valence-electron chi connectivity index (χ1n) is 5.75. The molecule has 0 aliphatic rings. The van der Waals surface area contributed by atoms with Crippen molar-refractivity contribution in [1.29, 1.82) is 0 Å². The van der Waals surface area contributed by atoms with E-state index in [-0.39, 0.29) is 5.69 Å². The zero-order valence-corrected chi connectivity index (χ0v) is 10.4. The predicted octanol–water partition coefficient (Wildman–Crippen LogP) is -1.66. The first-order chi connectivity index (χ1) is 9.08. The Balaban J connectivity index is 1.89. The number of aromatic nitrogens is 3. The van der Waals surface area contributed by atoms with Gasteiger partial charge in [0.1, 0.15) is 18.7 Å². The van der Waals surface area contributed by atoms with Crippen LogP contribution < -0.4 is 15.9 Å². The highest BCUT2D eigenvalue weighted by Crippen LogP contribution is 2.07. The number of rotatable bonds is 5. The molecule has 0 amide bonds. The zero-order valence-electron chi connectivity index (χ0n) is 10.4. The van der Waals surface area contributed by atoms with Gasteiger partial charge in [-0.25, -0.2) is 9.48 Å². The van der Waals surface area contributed by atoms with Crippen molar-refractivity contribution in [2.75, 3.05) is 6.61 Å². The van der Waals surface area contributed by atoms with Gasteiger partial charge in [0.2, 0.25) is 0 Å². The van der Waals surface area contributed by atoms with Gasteiger partial charge >= 0.3 is 12.8 Å². The van der Waals surface area contributed by atoms with E-state index in [1.165, 1.54) is 15.6 Å². The van der Waals surface area contributed by atoms with E-state index < -0.39 is 7.12 Å². The molecule has 0 spiro atoms. The van der Waals surface area contributed by atoms with E-state index in [0.717, 1.165) is 0 Å². The van der Waals surface area contributed by atoms with Crippen molar-refractivity contribution in [3.8, 4) is 5.75 Å². The Kier molecular flexibility index (Phi) is 4.03. The number of aryl methyl sites for hydroxylation is 1. The molecule has 2 rings (SSSR count). The van der Waals surface area contributed by atoms with E-state index in [4.69, 9.17) is 14.8 Å². The average Bonchev–Trinajstić information content (AvgIpc) is 2.71. The maximum Gasteiger partial charge on any atom is 0.488 e. The molecule has 0 aliphatic heterocycles. The quantitative estimate of drug-likeness (QED) is 0.630. The summed E-state index contributed by atoms with van der Waals surface area (Å²) >= 11 is 0. The molecule has 7 nitrogen and oxygen atoms in total. The molecule has 0 saturated heterocycles. The lowest BCUT2D eigenvalue weighted by atomic mass is 9.80. The summed E-state index contributed by atoms with van der Waals surface area (Å²) in [7, 11) is 0.146. The van der Waals surface area contributed by atoms with Crippen LogP contribution in [0.5, 0.6) is 5.75 Å². The molecule has 0 atom stereocenters. The first kappa shape index (κ1) is 13.4.